The molecule has 94 valence electrons. The second-order valence-corrected chi connectivity index (χ2v) is 4.23. The number of halogens is 4. The summed E-state index contributed by atoms with van der Waals surface area (Å²) in [6.07, 6.45) is -4.36. The summed E-state index contributed by atoms with van der Waals surface area (Å²) in [5.41, 5.74) is 6.24. The predicted molar refractivity (Wildman–Crippen MR) is 66.3 cm³/mol. The van der Waals surface area contributed by atoms with Crippen molar-refractivity contribution in [2.45, 2.75) is 6.18 Å². The molecule has 0 amide bonds. The van der Waals surface area contributed by atoms with Crippen molar-refractivity contribution in [1.29, 1.82) is 0 Å². The monoisotopic (exact) mass is 271 g/mol. The molecule has 1 nitrogen and oxygen atoms in total. The normalized spacial score (nSPS) is 11.6. The number of nitrogen functional groups attached to an aromatic ring is 1. The molecular formula is C13H9ClF3N. The van der Waals surface area contributed by atoms with Gasteiger partial charge in [0.05, 0.1) is 10.6 Å². The van der Waals surface area contributed by atoms with Gasteiger partial charge in [0.15, 0.2) is 0 Å². The lowest BCUT2D eigenvalue weighted by Crippen LogP contribution is -2.04. The number of hydrogen-bond acceptors (Lipinski definition) is 1. The second kappa shape index (κ2) is 4.53. The fourth-order valence-electron chi connectivity index (χ4n) is 1.63. The van der Waals surface area contributed by atoms with E-state index in [9.17, 15) is 13.2 Å². The zero-order valence-corrected chi connectivity index (χ0v) is 9.89. The van der Waals surface area contributed by atoms with Crippen LogP contribution in [0.2, 0.25) is 5.02 Å². The molecule has 0 saturated heterocycles. The Bertz CT molecular complexity index is 579. The summed E-state index contributed by atoms with van der Waals surface area (Å²) in [6, 6.07) is 9.73. The molecule has 2 rings (SSSR count). The summed E-state index contributed by atoms with van der Waals surface area (Å²) < 4.78 is 37.8. The van der Waals surface area contributed by atoms with Gasteiger partial charge in [-0.15, -0.1) is 0 Å². The van der Waals surface area contributed by atoms with Gasteiger partial charge in [-0.2, -0.15) is 13.2 Å². The SMILES string of the molecule is Nc1ccc(-c2cccc(C(F)(F)F)c2)c(Cl)c1. The first-order chi connectivity index (χ1) is 8.38. The molecule has 0 aliphatic heterocycles. The molecule has 0 bridgehead atoms. The van der Waals surface area contributed by atoms with Crippen LogP contribution >= 0.6 is 11.6 Å². The highest BCUT2D eigenvalue weighted by atomic mass is 35.5. The molecular weight excluding hydrogens is 263 g/mol. The molecule has 2 aromatic carbocycles. The van der Waals surface area contributed by atoms with E-state index in [4.69, 9.17) is 17.3 Å². The molecule has 0 aliphatic rings. The van der Waals surface area contributed by atoms with E-state index < -0.39 is 11.7 Å². The average Bonchev–Trinajstić information content (AvgIpc) is 2.28. The molecule has 2 N–H and O–H groups in total. The number of alkyl halides is 3. The minimum atomic E-state index is -4.36. The molecule has 0 atom stereocenters. The van der Waals surface area contributed by atoms with Gasteiger partial charge in [-0.3, -0.25) is 0 Å². The Labute approximate surface area is 107 Å². The molecule has 0 aromatic heterocycles. The smallest absolute Gasteiger partial charge is 0.399 e. The van der Waals surface area contributed by atoms with Gasteiger partial charge in [0.2, 0.25) is 0 Å². The molecule has 0 fully saturated rings. The maximum Gasteiger partial charge on any atom is 0.416 e. The summed E-state index contributed by atoms with van der Waals surface area (Å²) >= 11 is 5.97. The Kier molecular flexibility index (Phi) is 3.22. The number of hydrogen-bond donors (Lipinski definition) is 1. The van der Waals surface area contributed by atoms with E-state index in [1.165, 1.54) is 12.1 Å². The van der Waals surface area contributed by atoms with Gasteiger partial charge in [0.1, 0.15) is 0 Å². The number of anilines is 1. The van der Waals surface area contributed by atoms with Gasteiger partial charge >= 0.3 is 6.18 Å². The number of nitrogens with two attached hydrogens (primary N) is 1. The largest absolute Gasteiger partial charge is 0.416 e. The van der Waals surface area contributed by atoms with E-state index in [1.54, 1.807) is 18.2 Å². The van der Waals surface area contributed by atoms with Crippen molar-refractivity contribution in [3.05, 3.63) is 53.1 Å². The number of rotatable bonds is 1. The maximum atomic E-state index is 12.6. The molecule has 0 saturated carbocycles. The van der Waals surface area contributed by atoms with Gasteiger partial charge in [0.25, 0.3) is 0 Å². The zero-order chi connectivity index (χ0) is 13.3. The topological polar surface area (TPSA) is 26.0 Å². The van der Waals surface area contributed by atoms with Crippen LogP contribution in [0.5, 0.6) is 0 Å². The van der Waals surface area contributed by atoms with Crippen molar-refractivity contribution in [3.8, 4) is 11.1 Å². The molecule has 0 unspecified atom stereocenters. The third-order valence-electron chi connectivity index (χ3n) is 2.49. The van der Waals surface area contributed by atoms with E-state index in [-0.39, 0.29) is 0 Å². The van der Waals surface area contributed by atoms with Crippen LogP contribution in [0.3, 0.4) is 0 Å². The first-order valence-corrected chi connectivity index (χ1v) is 5.48. The van der Waals surface area contributed by atoms with Crippen LogP contribution in [0.1, 0.15) is 5.56 Å². The molecule has 0 heterocycles. The van der Waals surface area contributed by atoms with Gasteiger partial charge in [0, 0.05) is 11.3 Å². The Hall–Kier alpha value is -1.68. The van der Waals surface area contributed by atoms with Crippen molar-refractivity contribution < 1.29 is 13.2 Å². The molecule has 0 aliphatic carbocycles. The van der Waals surface area contributed by atoms with Crippen LogP contribution in [-0.4, -0.2) is 0 Å². The molecule has 5 heteroatoms. The molecule has 18 heavy (non-hydrogen) atoms. The van der Waals surface area contributed by atoms with E-state index >= 15 is 0 Å². The van der Waals surface area contributed by atoms with Gasteiger partial charge in [-0.05, 0) is 29.8 Å². The Morgan fingerprint density at radius 1 is 1.00 bits per heavy atom. The lowest BCUT2D eigenvalue weighted by molar-refractivity contribution is -0.137. The van der Waals surface area contributed by atoms with Crippen LogP contribution in [0, 0.1) is 0 Å². The first-order valence-electron chi connectivity index (χ1n) is 5.10. The standard InChI is InChI=1S/C13H9ClF3N/c14-12-7-10(18)4-5-11(12)8-2-1-3-9(6-8)13(15,16)17/h1-7H,18H2. The van der Waals surface area contributed by atoms with Crippen molar-refractivity contribution in [2.24, 2.45) is 0 Å². The Morgan fingerprint density at radius 3 is 2.33 bits per heavy atom. The van der Waals surface area contributed by atoms with Crippen molar-refractivity contribution >= 4 is 17.3 Å². The van der Waals surface area contributed by atoms with Gasteiger partial charge < -0.3 is 5.73 Å². The third kappa shape index (κ3) is 2.59. The van der Waals surface area contributed by atoms with E-state index in [0.29, 0.717) is 21.8 Å². The lowest BCUT2D eigenvalue weighted by atomic mass is 10.0. The van der Waals surface area contributed by atoms with Crippen LogP contribution in [0.4, 0.5) is 18.9 Å². The van der Waals surface area contributed by atoms with Crippen LogP contribution < -0.4 is 5.73 Å². The van der Waals surface area contributed by atoms with Crippen molar-refractivity contribution in [2.75, 3.05) is 5.73 Å². The predicted octanol–water partition coefficient (Wildman–Crippen LogP) is 4.61. The lowest BCUT2D eigenvalue weighted by Gasteiger charge is -2.10. The van der Waals surface area contributed by atoms with E-state index in [1.807, 2.05) is 0 Å². The van der Waals surface area contributed by atoms with Gasteiger partial charge in [-0.25, -0.2) is 0 Å². The highest BCUT2D eigenvalue weighted by Gasteiger charge is 2.30. The first kappa shape index (κ1) is 12.8. The minimum absolute atomic E-state index is 0.328. The van der Waals surface area contributed by atoms with Crippen LogP contribution in [-0.2, 0) is 6.18 Å². The molecule has 0 spiro atoms. The molecule has 0 radical (unpaired) electrons. The quantitative estimate of drug-likeness (QED) is 0.753. The van der Waals surface area contributed by atoms with Crippen LogP contribution in [0.15, 0.2) is 42.5 Å². The summed E-state index contributed by atoms with van der Waals surface area (Å²) in [6.45, 7) is 0. The highest BCUT2D eigenvalue weighted by Crippen LogP contribution is 2.34. The summed E-state index contributed by atoms with van der Waals surface area (Å²) in [4.78, 5) is 0. The highest BCUT2D eigenvalue weighted by molar-refractivity contribution is 6.33. The van der Waals surface area contributed by atoms with E-state index in [2.05, 4.69) is 0 Å². The van der Waals surface area contributed by atoms with E-state index in [0.717, 1.165) is 12.1 Å². The van der Waals surface area contributed by atoms with Crippen molar-refractivity contribution in [1.82, 2.24) is 0 Å². The zero-order valence-electron chi connectivity index (χ0n) is 9.13. The van der Waals surface area contributed by atoms with Crippen LogP contribution in [0.25, 0.3) is 11.1 Å². The molecule has 2 aromatic rings. The minimum Gasteiger partial charge on any atom is -0.399 e. The average molecular weight is 272 g/mol. The number of benzene rings is 2. The summed E-state index contributed by atoms with van der Waals surface area (Å²) in [5, 5.41) is 0.328. The third-order valence-corrected chi connectivity index (χ3v) is 2.81. The second-order valence-electron chi connectivity index (χ2n) is 3.82. The summed E-state index contributed by atoms with van der Waals surface area (Å²) in [7, 11) is 0. The Balaban J connectivity index is 2.51. The fourth-order valence-corrected chi connectivity index (χ4v) is 1.93. The van der Waals surface area contributed by atoms with Gasteiger partial charge in [-0.1, -0.05) is 29.8 Å². The van der Waals surface area contributed by atoms with Crippen molar-refractivity contribution in [3.63, 3.8) is 0 Å². The fraction of sp³-hybridized carbons (Fsp3) is 0.0769. The summed E-state index contributed by atoms with van der Waals surface area (Å²) in [5.74, 6) is 0. The maximum absolute atomic E-state index is 12.6. The Morgan fingerprint density at radius 2 is 1.72 bits per heavy atom.